The summed E-state index contributed by atoms with van der Waals surface area (Å²) in [6.45, 7) is 2.57. The third kappa shape index (κ3) is 2.56. The van der Waals surface area contributed by atoms with Crippen molar-refractivity contribution in [1.82, 2.24) is 19.6 Å². The van der Waals surface area contributed by atoms with Crippen molar-refractivity contribution in [3.05, 3.63) is 52.7 Å². The van der Waals surface area contributed by atoms with Crippen LogP contribution in [0.2, 0.25) is 0 Å². The Morgan fingerprint density at radius 3 is 2.75 bits per heavy atom. The molecular formula is C19H14N4O5. The molecule has 0 unspecified atom stereocenters. The lowest BCUT2D eigenvalue weighted by Gasteiger charge is -2.18. The van der Waals surface area contributed by atoms with Crippen LogP contribution in [0.15, 0.2) is 45.7 Å². The summed E-state index contributed by atoms with van der Waals surface area (Å²) in [6.07, 6.45) is 1.49. The second-order valence-electron chi connectivity index (χ2n) is 6.24. The van der Waals surface area contributed by atoms with Crippen molar-refractivity contribution in [1.29, 1.82) is 0 Å². The zero-order valence-electron chi connectivity index (χ0n) is 14.7. The van der Waals surface area contributed by atoms with Crippen molar-refractivity contribution < 1.29 is 19.0 Å². The van der Waals surface area contributed by atoms with Crippen LogP contribution in [0.4, 0.5) is 0 Å². The van der Waals surface area contributed by atoms with Gasteiger partial charge in [0.15, 0.2) is 17.3 Å². The van der Waals surface area contributed by atoms with Crippen LogP contribution < -0.4 is 15.1 Å². The molecule has 0 spiro atoms. The van der Waals surface area contributed by atoms with E-state index in [0.717, 1.165) is 0 Å². The summed E-state index contributed by atoms with van der Waals surface area (Å²) in [5.41, 5.74) is 0.367. The van der Waals surface area contributed by atoms with Crippen LogP contribution in [-0.2, 0) is 0 Å². The number of aryl methyl sites for hydroxylation is 1. The summed E-state index contributed by atoms with van der Waals surface area (Å²) in [5, 5.41) is 14.7. The number of rotatable bonds is 2. The van der Waals surface area contributed by atoms with Gasteiger partial charge in [0.1, 0.15) is 30.3 Å². The Bertz CT molecular complexity index is 1280. The molecule has 1 aliphatic heterocycles. The number of hydrogen-bond acceptors (Lipinski definition) is 8. The Hall–Kier alpha value is -3.88. The second kappa shape index (κ2) is 6.08. The lowest BCUT2D eigenvalue weighted by atomic mass is 10.2. The van der Waals surface area contributed by atoms with Crippen molar-refractivity contribution in [3.63, 3.8) is 0 Å². The van der Waals surface area contributed by atoms with Gasteiger partial charge in [-0.3, -0.25) is 0 Å². The summed E-state index contributed by atoms with van der Waals surface area (Å²) >= 11 is 0. The van der Waals surface area contributed by atoms with Crippen LogP contribution in [0.1, 0.15) is 5.76 Å². The van der Waals surface area contributed by atoms with Gasteiger partial charge in [-0.15, -0.1) is 5.10 Å². The average molecular weight is 378 g/mol. The van der Waals surface area contributed by atoms with E-state index in [4.69, 9.17) is 13.9 Å². The van der Waals surface area contributed by atoms with E-state index in [1.54, 1.807) is 25.1 Å². The van der Waals surface area contributed by atoms with E-state index in [0.29, 0.717) is 47.6 Å². The summed E-state index contributed by atoms with van der Waals surface area (Å²) in [5.74, 6) is 2.08. The highest BCUT2D eigenvalue weighted by Gasteiger charge is 2.19. The smallest absolute Gasteiger partial charge is 0.349 e. The standard InChI is InChI=1S/C19H14N4O5/c1-10-8-13(24)16(18(25)28-10)12-4-5-20-19-21-17(22-23(12)19)11-2-3-14-15(9-11)27-7-6-26-14/h2-5,8-9,24H,6-7H2,1H3. The topological polar surface area (TPSA) is 112 Å². The molecule has 0 atom stereocenters. The molecule has 5 rings (SSSR count). The van der Waals surface area contributed by atoms with E-state index in [2.05, 4.69) is 15.1 Å². The van der Waals surface area contributed by atoms with Gasteiger partial charge in [-0.2, -0.15) is 9.50 Å². The van der Waals surface area contributed by atoms with Crippen LogP contribution in [0.3, 0.4) is 0 Å². The van der Waals surface area contributed by atoms with Gasteiger partial charge in [-0.25, -0.2) is 9.78 Å². The number of aromatic hydroxyl groups is 1. The van der Waals surface area contributed by atoms with E-state index in [9.17, 15) is 9.90 Å². The molecule has 9 heteroatoms. The van der Waals surface area contributed by atoms with E-state index in [1.807, 2.05) is 6.07 Å². The molecule has 1 N–H and O–H groups in total. The maximum Gasteiger partial charge on any atom is 0.349 e. The molecule has 0 saturated carbocycles. The highest BCUT2D eigenvalue weighted by molar-refractivity contribution is 5.68. The lowest BCUT2D eigenvalue weighted by molar-refractivity contribution is 0.171. The van der Waals surface area contributed by atoms with Crippen molar-refractivity contribution in [2.75, 3.05) is 13.2 Å². The third-order valence-corrected chi connectivity index (χ3v) is 4.35. The Labute approximate surface area is 157 Å². The fourth-order valence-corrected chi connectivity index (χ4v) is 3.12. The third-order valence-electron chi connectivity index (χ3n) is 4.35. The molecule has 0 bridgehead atoms. The number of fused-ring (bicyclic) bond motifs is 2. The summed E-state index contributed by atoms with van der Waals surface area (Å²) in [4.78, 5) is 20.9. The zero-order valence-corrected chi connectivity index (χ0v) is 14.7. The van der Waals surface area contributed by atoms with Gasteiger partial charge >= 0.3 is 5.63 Å². The monoisotopic (exact) mass is 378 g/mol. The first-order valence-electron chi connectivity index (χ1n) is 8.56. The van der Waals surface area contributed by atoms with Gasteiger partial charge < -0.3 is 19.0 Å². The Morgan fingerprint density at radius 1 is 1.11 bits per heavy atom. The van der Waals surface area contributed by atoms with E-state index in [-0.39, 0.29) is 17.1 Å². The van der Waals surface area contributed by atoms with Crippen LogP contribution in [0.25, 0.3) is 28.4 Å². The second-order valence-corrected chi connectivity index (χ2v) is 6.24. The number of aromatic nitrogens is 4. The van der Waals surface area contributed by atoms with Gasteiger partial charge in [0.25, 0.3) is 5.78 Å². The van der Waals surface area contributed by atoms with Gasteiger partial charge in [0.2, 0.25) is 0 Å². The average Bonchev–Trinajstić information content (AvgIpc) is 3.12. The molecule has 4 heterocycles. The van der Waals surface area contributed by atoms with Crippen molar-refractivity contribution in [2.45, 2.75) is 6.92 Å². The highest BCUT2D eigenvalue weighted by atomic mass is 16.6. The quantitative estimate of drug-likeness (QED) is 0.565. The normalized spacial score (nSPS) is 13.0. The summed E-state index contributed by atoms with van der Waals surface area (Å²) in [6, 6.07) is 8.35. The number of hydrogen-bond donors (Lipinski definition) is 1. The molecular weight excluding hydrogens is 364 g/mol. The van der Waals surface area contributed by atoms with E-state index < -0.39 is 5.63 Å². The number of ether oxygens (including phenoxy) is 2. The minimum absolute atomic E-state index is 0.00313. The predicted molar refractivity (Wildman–Crippen MR) is 97.6 cm³/mol. The molecule has 28 heavy (non-hydrogen) atoms. The van der Waals surface area contributed by atoms with Crippen molar-refractivity contribution >= 4 is 5.78 Å². The predicted octanol–water partition coefficient (Wildman–Crippen LogP) is 2.20. The number of nitrogens with zero attached hydrogens (tertiary/aromatic N) is 4. The largest absolute Gasteiger partial charge is 0.507 e. The van der Waals surface area contributed by atoms with Gasteiger partial charge in [-0.05, 0) is 31.2 Å². The van der Waals surface area contributed by atoms with Crippen LogP contribution >= 0.6 is 0 Å². The summed E-state index contributed by atoms with van der Waals surface area (Å²) < 4.78 is 17.6. The van der Waals surface area contributed by atoms with Crippen LogP contribution in [0.5, 0.6) is 17.2 Å². The molecule has 0 aliphatic carbocycles. The molecule has 0 saturated heterocycles. The SMILES string of the molecule is Cc1cc(O)c(-c2ccnc3nc(-c4ccc5c(c4)OCCO5)nn23)c(=O)o1. The number of benzene rings is 1. The van der Waals surface area contributed by atoms with Gasteiger partial charge in [0.05, 0.1) is 5.69 Å². The zero-order chi connectivity index (χ0) is 19.3. The Morgan fingerprint density at radius 2 is 1.93 bits per heavy atom. The molecule has 0 radical (unpaired) electrons. The first-order valence-corrected chi connectivity index (χ1v) is 8.56. The van der Waals surface area contributed by atoms with Gasteiger partial charge in [-0.1, -0.05) is 0 Å². The van der Waals surface area contributed by atoms with Crippen LogP contribution in [-0.4, -0.2) is 37.9 Å². The van der Waals surface area contributed by atoms with Crippen molar-refractivity contribution in [2.24, 2.45) is 0 Å². The van der Waals surface area contributed by atoms with Gasteiger partial charge in [0, 0.05) is 17.8 Å². The first-order chi connectivity index (χ1) is 13.6. The Balaban J connectivity index is 1.68. The fourth-order valence-electron chi connectivity index (χ4n) is 3.12. The van der Waals surface area contributed by atoms with Crippen LogP contribution in [0, 0.1) is 6.92 Å². The molecule has 1 aliphatic rings. The molecule has 4 aromatic rings. The molecule has 0 fully saturated rings. The molecule has 3 aromatic heterocycles. The summed E-state index contributed by atoms with van der Waals surface area (Å²) in [7, 11) is 0. The maximum absolute atomic E-state index is 12.3. The molecule has 1 aromatic carbocycles. The Kier molecular flexibility index (Phi) is 3.54. The first kappa shape index (κ1) is 16.3. The maximum atomic E-state index is 12.3. The van der Waals surface area contributed by atoms with E-state index in [1.165, 1.54) is 16.8 Å². The minimum atomic E-state index is -0.665. The van der Waals surface area contributed by atoms with E-state index >= 15 is 0 Å². The molecule has 140 valence electrons. The van der Waals surface area contributed by atoms with Crippen molar-refractivity contribution in [3.8, 4) is 39.9 Å². The highest BCUT2D eigenvalue weighted by Crippen LogP contribution is 2.34. The fraction of sp³-hybridized carbons (Fsp3) is 0.158. The molecule has 9 nitrogen and oxygen atoms in total. The molecule has 0 amide bonds. The minimum Gasteiger partial charge on any atom is -0.507 e. The lowest BCUT2D eigenvalue weighted by Crippen LogP contribution is -2.15.